The Hall–Kier alpha value is -2.70. The van der Waals surface area contributed by atoms with E-state index in [2.05, 4.69) is 41.1 Å². The molecule has 0 aromatic heterocycles. The molecule has 1 atom stereocenters. The lowest BCUT2D eigenvalue weighted by atomic mass is 9.93. The number of rotatable bonds is 5. The lowest BCUT2D eigenvalue weighted by Crippen LogP contribution is -2.41. The van der Waals surface area contributed by atoms with Crippen LogP contribution < -0.4 is 15.8 Å². The van der Waals surface area contributed by atoms with E-state index < -0.39 is 5.82 Å². The van der Waals surface area contributed by atoms with E-state index >= 15 is 0 Å². The van der Waals surface area contributed by atoms with E-state index in [4.69, 9.17) is 4.74 Å². The maximum Gasteiger partial charge on any atom is 0.254 e. The molecule has 1 saturated heterocycles. The summed E-state index contributed by atoms with van der Waals surface area (Å²) in [6.07, 6.45) is 6.47. The summed E-state index contributed by atoms with van der Waals surface area (Å²) in [5, 5.41) is 4.91. The molecule has 6 heteroatoms. The van der Waals surface area contributed by atoms with Gasteiger partial charge in [0, 0.05) is 19.4 Å². The van der Waals surface area contributed by atoms with Crippen molar-refractivity contribution in [3.05, 3.63) is 76.2 Å². The summed E-state index contributed by atoms with van der Waals surface area (Å²) in [6, 6.07) is 9.90. The largest absolute Gasteiger partial charge is 0.379 e. The first-order valence-electron chi connectivity index (χ1n) is 10.5. The first-order valence-corrected chi connectivity index (χ1v) is 10.5. The monoisotopic (exact) mass is 409 g/mol. The van der Waals surface area contributed by atoms with E-state index in [0.717, 1.165) is 48.4 Å². The summed E-state index contributed by atoms with van der Waals surface area (Å²) in [5.74, 6) is -0.803. The summed E-state index contributed by atoms with van der Waals surface area (Å²) < 4.78 is 20.3. The van der Waals surface area contributed by atoms with Gasteiger partial charge in [0.15, 0.2) is 0 Å². The third-order valence-corrected chi connectivity index (χ3v) is 5.91. The number of nitrogens with one attached hydrogen (secondary N) is 2. The Morgan fingerprint density at radius 2 is 2.07 bits per heavy atom. The molecular formula is C24H28FN3O2. The van der Waals surface area contributed by atoms with E-state index in [-0.39, 0.29) is 17.5 Å². The highest BCUT2D eigenvalue weighted by Gasteiger charge is 2.22. The topological polar surface area (TPSA) is 53.6 Å². The van der Waals surface area contributed by atoms with Gasteiger partial charge in [0.2, 0.25) is 0 Å². The van der Waals surface area contributed by atoms with Crippen LogP contribution in [0.1, 0.15) is 45.5 Å². The Kier molecular flexibility index (Phi) is 6.16. The number of amides is 1. The molecule has 5 nitrogen and oxygen atoms in total. The van der Waals surface area contributed by atoms with Crippen LogP contribution in [-0.4, -0.2) is 31.7 Å². The third-order valence-electron chi connectivity index (χ3n) is 5.91. The quantitative estimate of drug-likeness (QED) is 0.789. The van der Waals surface area contributed by atoms with Gasteiger partial charge in [-0.1, -0.05) is 18.2 Å². The smallest absolute Gasteiger partial charge is 0.254 e. The van der Waals surface area contributed by atoms with Crippen molar-refractivity contribution in [1.82, 2.24) is 10.7 Å². The van der Waals surface area contributed by atoms with Gasteiger partial charge in [-0.15, -0.1) is 0 Å². The molecule has 0 radical (unpaired) electrons. The second-order valence-electron chi connectivity index (χ2n) is 7.99. The van der Waals surface area contributed by atoms with Gasteiger partial charge in [0.1, 0.15) is 5.82 Å². The number of hydrogen-bond acceptors (Lipinski definition) is 4. The molecule has 1 amide bonds. The first kappa shape index (κ1) is 20.6. The van der Waals surface area contributed by atoms with Crippen molar-refractivity contribution >= 4 is 11.6 Å². The molecule has 2 aliphatic heterocycles. The Morgan fingerprint density at radius 3 is 2.73 bits per heavy atom. The number of benzene rings is 2. The molecule has 0 spiro atoms. The summed E-state index contributed by atoms with van der Waals surface area (Å²) >= 11 is 0. The second-order valence-corrected chi connectivity index (χ2v) is 7.99. The van der Waals surface area contributed by atoms with Crippen LogP contribution in [0.4, 0.5) is 10.1 Å². The zero-order valence-electron chi connectivity index (χ0n) is 17.5. The number of anilines is 1. The van der Waals surface area contributed by atoms with Crippen molar-refractivity contribution in [3.63, 3.8) is 0 Å². The maximum atomic E-state index is 14.9. The fourth-order valence-corrected chi connectivity index (χ4v) is 3.95. The Morgan fingerprint density at radius 1 is 1.27 bits per heavy atom. The molecule has 2 aliphatic rings. The van der Waals surface area contributed by atoms with Crippen LogP contribution in [0.15, 0.2) is 42.6 Å². The minimum atomic E-state index is -0.437. The fourth-order valence-electron chi connectivity index (χ4n) is 3.95. The van der Waals surface area contributed by atoms with E-state index in [9.17, 15) is 9.18 Å². The Bertz CT molecular complexity index is 950. The van der Waals surface area contributed by atoms with Crippen LogP contribution >= 0.6 is 0 Å². The van der Waals surface area contributed by atoms with Crippen LogP contribution in [0.25, 0.3) is 0 Å². The highest BCUT2D eigenvalue weighted by atomic mass is 19.1. The van der Waals surface area contributed by atoms with Gasteiger partial charge in [0.25, 0.3) is 5.91 Å². The van der Waals surface area contributed by atoms with Crippen LogP contribution in [0.2, 0.25) is 0 Å². The number of nitrogens with zero attached hydrogens (tertiary/aromatic N) is 1. The first-order chi connectivity index (χ1) is 14.5. The van der Waals surface area contributed by atoms with E-state index in [0.29, 0.717) is 18.6 Å². The molecule has 0 bridgehead atoms. The van der Waals surface area contributed by atoms with Gasteiger partial charge in [-0.2, -0.15) is 0 Å². The SMILES string of the molecule is Cc1c(Cc2ccc(N3C=CCN3)cc2)cc(C(=O)NC2CCCOC2)c(F)c1C. The fraction of sp³-hybridized carbons (Fsp3) is 0.375. The van der Waals surface area contributed by atoms with Gasteiger partial charge >= 0.3 is 0 Å². The van der Waals surface area contributed by atoms with E-state index in [1.165, 1.54) is 0 Å². The van der Waals surface area contributed by atoms with Gasteiger partial charge < -0.3 is 10.1 Å². The van der Waals surface area contributed by atoms with Crippen LogP contribution in [-0.2, 0) is 11.2 Å². The van der Waals surface area contributed by atoms with Crippen molar-refractivity contribution < 1.29 is 13.9 Å². The molecule has 2 aromatic carbocycles. The molecule has 158 valence electrons. The predicted octanol–water partition coefficient (Wildman–Crippen LogP) is 3.78. The minimum absolute atomic E-state index is 0.0588. The maximum absolute atomic E-state index is 14.9. The second kappa shape index (κ2) is 8.98. The van der Waals surface area contributed by atoms with Crippen molar-refractivity contribution in [3.8, 4) is 0 Å². The number of hydrazine groups is 1. The molecule has 1 fully saturated rings. The van der Waals surface area contributed by atoms with Crippen LogP contribution in [0, 0.1) is 19.7 Å². The zero-order valence-corrected chi connectivity index (χ0v) is 17.5. The molecule has 0 saturated carbocycles. The number of ether oxygens (including phenoxy) is 1. The predicted molar refractivity (Wildman–Crippen MR) is 116 cm³/mol. The lowest BCUT2D eigenvalue weighted by molar-refractivity contribution is 0.0622. The Balaban J connectivity index is 1.54. The minimum Gasteiger partial charge on any atom is -0.379 e. The van der Waals surface area contributed by atoms with Crippen LogP contribution in [0.3, 0.4) is 0 Å². The number of carbonyl (C=O) groups excluding carboxylic acids is 1. The molecule has 2 heterocycles. The van der Waals surface area contributed by atoms with Gasteiger partial charge in [-0.25, -0.2) is 9.82 Å². The number of hydrogen-bond donors (Lipinski definition) is 2. The zero-order chi connectivity index (χ0) is 21.1. The third kappa shape index (κ3) is 4.40. The Labute approximate surface area is 176 Å². The normalized spacial score (nSPS) is 18.6. The number of carbonyl (C=O) groups is 1. The van der Waals surface area contributed by atoms with Crippen LogP contribution in [0.5, 0.6) is 0 Å². The summed E-state index contributed by atoms with van der Waals surface area (Å²) in [7, 11) is 0. The average Bonchev–Trinajstić information content (AvgIpc) is 3.30. The van der Waals surface area contributed by atoms with Crippen molar-refractivity contribution in [2.24, 2.45) is 0 Å². The molecule has 2 N–H and O–H groups in total. The van der Waals surface area contributed by atoms with E-state index in [1.54, 1.807) is 13.0 Å². The molecule has 30 heavy (non-hydrogen) atoms. The standard InChI is InChI=1S/C24H28FN3O2/c1-16-17(2)23(25)22(24(29)27-20-5-3-12-30-15-20)14-19(16)13-18-6-8-21(9-7-18)28-11-4-10-26-28/h4,6-9,11,14,20,26H,3,5,10,12-13,15H2,1-2H3,(H,27,29). The summed E-state index contributed by atoms with van der Waals surface area (Å²) in [4.78, 5) is 12.8. The molecule has 1 unspecified atom stereocenters. The lowest BCUT2D eigenvalue weighted by Gasteiger charge is -2.23. The van der Waals surface area contributed by atoms with Gasteiger partial charge in [0.05, 0.1) is 23.9 Å². The summed E-state index contributed by atoms with van der Waals surface area (Å²) in [5.41, 5.74) is 7.92. The molecule has 0 aliphatic carbocycles. The van der Waals surface area contributed by atoms with Crippen molar-refractivity contribution in [2.75, 3.05) is 24.8 Å². The molecular weight excluding hydrogens is 381 g/mol. The highest BCUT2D eigenvalue weighted by molar-refractivity contribution is 5.95. The van der Waals surface area contributed by atoms with E-state index in [1.807, 2.05) is 18.1 Å². The summed E-state index contributed by atoms with van der Waals surface area (Å²) in [6.45, 7) is 5.68. The van der Waals surface area contributed by atoms with Crippen molar-refractivity contribution in [2.45, 2.75) is 39.2 Å². The number of halogens is 1. The average molecular weight is 410 g/mol. The van der Waals surface area contributed by atoms with Crippen molar-refractivity contribution in [1.29, 1.82) is 0 Å². The highest BCUT2D eigenvalue weighted by Crippen LogP contribution is 2.25. The van der Waals surface area contributed by atoms with Gasteiger partial charge in [-0.05, 0) is 73.6 Å². The molecule has 4 rings (SSSR count). The molecule has 2 aromatic rings. The van der Waals surface area contributed by atoms with Gasteiger partial charge in [-0.3, -0.25) is 9.80 Å².